The maximum atomic E-state index is 13.4. The van der Waals surface area contributed by atoms with Crippen LogP contribution in [0.3, 0.4) is 0 Å². The van der Waals surface area contributed by atoms with Crippen LogP contribution in [-0.2, 0) is 24.0 Å². The second kappa shape index (κ2) is 15.3. The minimum atomic E-state index is -1.51. The second-order valence-electron chi connectivity index (χ2n) is 10.5. The quantitative estimate of drug-likeness (QED) is 0.189. The molecule has 0 saturated heterocycles. The third-order valence-corrected chi connectivity index (χ3v) is 6.89. The Balaban J connectivity index is 0.000000229. The maximum Gasteiger partial charge on any atom is 0.360 e. The van der Waals surface area contributed by atoms with Gasteiger partial charge in [0.05, 0.1) is 6.61 Å². The molecule has 0 aromatic carbocycles. The molecule has 0 aliphatic carbocycles. The lowest BCUT2D eigenvalue weighted by atomic mass is 10.1. The van der Waals surface area contributed by atoms with E-state index in [9.17, 15) is 32.8 Å². The molecular formula is C31H33F2N5O9. The summed E-state index contributed by atoms with van der Waals surface area (Å²) in [6.45, 7) is 6.39. The van der Waals surface area contributed by atoms with Gasteiger partial charge in [-0.15, -0.1) is 0 Å². The first-order valence-electron chi connectivity index (χ1n) is 15.0. The van der Waals surface area contributed by atoms with Crippen molar-refractivity contribution in [1.82, 2.24) is 25.1 Å². The fraction of sp³-hybridized carbons (Fsp3) is 0.419. The monoisotopic (exact) mass is 657 g/mol. The van der Waals surface area contributed by atoms with Crippen molar-refractivity contribution in [2.45, 2.75) is 78.6 Å². The van der Waals surface area contributed by atoms with Gasteiger partial charge in [0.15, 0.2) is 18.0 Å². The number of nitrogens with zero attached hydrogens (tertiary/aromatic N) is 3. The topological polar surface area (TPSA) is 204 Å². The van der Waals surface area contributed by atoms with Crippen LogP contribution in [-0.4, -0.2) is 37.7 Å². The van der Waals surface area contributed by atoms with Crippen LogP contribution >= 0.6 is 0 Å². The van der Waals surface area contributed by atoms with Crippen molar-refractivity contribution < 1.29 is 31.7 Å². The second-order valence-corrected chi connectivity index (χ2v) is 10.5. The number of nitrogens with one attached hydrogen (secondary N) is 2. The molecule has 0 fully saturated rings. The van der Waals surface area contributed by atoms with Gasteiger partial charge < -0.3 is 28.1 Å². The van der Waals surface area contributed by atoms with E-state index >= 15 is 0 Å². The van der Waals surface area contributed by atoms with E-state index in [0.717, 1.165) is 12.8 Å². The van der Waals surface area contributed by atoms with Crippen molar-refractivity contribution in [3.05, 3.63) is 94.0 Å². The number of hydrogen-bond donors (Lipinski definition) is 2. The van der Waals surface area contributed by atoms with E-state index in [2.05, 4.69) is 25.1 Å². The van der Waals surface area contributed by atoms with Crippen molar-refractivity contribution in [2.75, 3.05) is 6.61 Å². The summed E-state index contributed by atoms with van der Waals surface area (Å²) in [6.07, 6.45) is 0.636. The summed E-state index contributed by atoms with van der Waals surface area (Å²) in [5, 5.41) is 3.93. The first kappa shape index (κ1) is 34.6. The van der Waals surface area contributed by atoms with Gasteiger partial charge >= 0.3 is 17.2 Å². The Labute approximate surface area is 264 Å². The van der Waals surface area contributed by atoms with Gasteiger partial charge in [-0.25, -0.2) is 23.2 Å². The largest absolute Gasteiger partial charge is 0.461 e. The van der Waals surface area contributed by atoms with Gasteiger partial charge in [-0.1, -0.05) is 18.5 Å². The number of hydrogen-bond acceptors (Lipinski definition) is 12. The number of halogens is 2. The standard InChI is InChI=1S/C18H18FN3O6.C13H15FN2O3/c1-3-26-18(25)12-8-11(28-22-12)6-4-5-10-7-13(23)27-17-14(10)16(24)20-15(21-17)9(2)19;1-3-4-5-8-6-9-11(17)15-10(7(2)14)16-12(9)19-13(8)18/h7-9H,3-6H2,1-2H3,(H,20,21,24);6-7H,3-5H2,1-2H3,(H,15,16,17). The number of aromatic amines is 2. The molecule has 0 aliphatic rings. The molecule has 0 amide bonds. The molecule has 250 valence electrons. The Hall–Kier alpha value is -5.28. The normalized spacial score (nSPS) is 12.5. The van der Waals surface area contributed by atoms with Gasteiger partial charge in [-0.3, -0.25) is 9.59 Å². The Morgan fingerprint density at radius 3 is 2.17 bits per heavy atom. The molecule has 2 atom stereocenters. The molecule has 5 heterocycles. The molecule has 16 heteroatoms. The molecule has 0 radical (unpaired) electrons. The van der Waals surface area contributed by atoms with Crippen molar-refractivity contribution in [2.24, 2.45) is 0 Å². The number of fused-ring (bicyclic) bond motifs is 2. The number of ether oxygens (including phenoxy) is 1. The van der Waals surface area contributed by atoms with Crippen molar-refractivity contribution in [3.63, 3.8) is 0 Å². The highest BCUT2D eigenvalue weighted by molar-refractivity contribution is 5.87. The van der Waals surface area contributed by atoms with Gasteiger partial charge in [0.1, 0.15) is 28.2 Å². The van der Waals surface area contributed by atoms with Crippen LogP contribution in [0.15, 0.2) is 50.7 Å². The number of carbonyl (C=O) groups excluding carboxylic acids is 1. The summed E-state index contributed by atoms with van der Waals surface area (Å²) in [7, 11) is 0. The van der Waals surface area contributed by atoms with Crippen LogP contribution in [0.25, 0.3) is 22.2 Å². The third-order valence-electron chi connectivity index (χ3n) is 6.89. The van der Waals surface area contributed by atoms with Gasteiger partial charge in [0.2, 0.25) is 11.4 Å². The highest BCUT2D eigenvalue weighted by atomic mass is 19.1. The van der Waals surface area contributed by atoms with E-state index in [-0.39, 0.29) is 46.1 Å². The van der Waals surface area contributed by atoms with E-state index in [4.69, 9.17) is 18.1 Å². The number of aromatic nitrogens is 5. The van der Waals surface area contributed by atoms with Crippen molar-refractivity contribution >= 4 is 28.2 Å². The Morgan fingerprint density at radius 1 is 0.851 bits per heavy atom. The van der Waals surface area contributed by atoms with Crippen LogP contribution in [0.2, 0.25) is 0 Å². The molecule has 2 N–H and O–H groups in total. The van der Waals surface area contributed by atoms with Crippen LogP contribution < -0.4 is 22.4 Å². The van der Waals surface area contributed by atoms with E-state index in [1.54, 1.807) is 6.92 Å². The number of alkyl halides is 2. The molecule has 5 aromatic heterocycles. The van der Waals surface area contributed by atoms with E-state index in [0.29, 0.717) is 42.6 Å². The van der Waals surface area contributed by atoms with Crippen LogP contribution in [0, 0.1) is 0 Å². The van der Waals surface area contributed by atoms with E-state index < -0.39 is 40.7 Å². The molecule has 5 aromatic rings. The maximum absolute atomic E-state index is 13.4. The predicted octanol–water partition coefficient (Wildman–Crippen LogP) is 4.50. The predicted molar refractivity (Wildman–Crippen MR) is 164 cm³/mol. The summed E-state index contributed by atoms with van der Waals surface area (Å²) in [5.74, 6) is -0.441. The first-order chi connectivity index (χ1) is 22.4. The van der Waals surface area contributed by atoms with Gasteiger partial charge in [-0.05, 0) is 58.1 Å². The smallest absolute Gasteiger partial charge is 0.360 e. The molecule has 0 spiro atoms. The van der Waals surface area contributed by atoms with Crippen molar-refractivity contribution in [3.8, 4) is 0 Å². The molecular weight excluding hydrogens is 624 g/mol. The fourth-order valence-electron chi connectivity index (χ4n) is 4.54. The van der Waals surface area contributed by atoms with E-state index in [1.165, 1.54) is 32.0 Å². The molecule has 47 heavy (non-hydrogen) atoms. The van der Waals surface area contributed by atoms with Gasteiger partial charge in [0, 0.05) is 24.1 Å². The number of aryl methyl sites for hydroxylation is 3. The summed E-state index contributed by atoms with van der Waals surface area (Å²) in [4.78, 5) is 71.6. The molecule has 0 saturated carbocycles. The zero-order valence-electron chi connectivity index (χ0n) is 26.1. The lowest BCUT2D eigenvalue weighted by molar-refractivity contribution is 0.0514. The van der Waals surface area contributed by atoms with Gasteiger partial charge in [0.25, 0.3) is 11.1 Å². The molecule has 5 rings (SSSR count). The zero-order chi connectivity index (χ0) is 34.2. The lowest BCUT2D eigenvalue weighted by Gasteiger charge is -2.06. The number of carbonyl (C=O) groups is 1. The van der Waals surface area contributed by atoms with Crippen LogP contribution in [0.1, 0.15) is 98.3 Å². The number of H-pyrrole nitrogens is 2. The highest BCUT2D eigenvalue weighted by Crippen LogP contribution is 2.18. The minimum absolute atomic E-state index is 0.0798. The minimum Gasteiger partial charge on any atom is -0.461 e. The average Bonchev–Trinajstić information content (AvgIpc) is 3.49. The SMILES string of the molecule is CCCCc1cc2c(=O)[nH]c(C(C)F)nc2oc1=O.CCOC(=O)c1cc(CCCc2cc(=O)oc3nc(C(C)F)[nH]c(=O)c23)on1. The summed E-state index contributed by atoms with van der Waals surface area (Å²) < 4.78 is 46.5. The number of unbranched alkanes of at least 4 members (excludes halogenated alkanes) is 1. The van der Waals surface area contributed by atoms with E-state index in [1.807, 2.05) is 6.92 Å². The summed E-state index contributed by atoms with van der Waals surface area (Å²) in [6, 6.07) is 4.18. The zero-order valence-corrected chi connectivity index (χ0v) is 26.1. The Kier molecular flexibility index (Phi) is 11.3. The van der Waals surface area contributed by atoms with Crippen LogP contribution in [0.5, 0.6) is 0 Å². The van der Waals surface area contributed by atoms with Crippen molar-refractivity contribution in [1.29, 1.82) is 0 Å². The Bertz CT molecular complexity index is 2110. The number of rotatable bonds is 11. The third kappa shape index (κ3) is 8.51. The molecule has 0 aliphatic heterocycles. The lowest BCUT2D eigenvalue weighted by Crippen LogP contribution is -2.16. The molecule has 0 bridgehead atoms. The number of esters is 1. The highest BCUT2D eigenvalue weighted by Gasteiger charge is 2.17. The molecule has 14 nitrogen and oxygen atoms in total. The first-order valence-corrected chi connectivity index (χ1v) is 15.0. The molecule has 2 unspecified atom stereocenters. The fourth-order valence-corrected chi connectivity index (χ4v) is 4.54. The summed E-state index contributed by atoms with van der Waals surface area (Å²) >= 11 is 0. The average molecular weight is 658 g/mol. The van der Waals surface area contributed by atoms with Gasteiger partial charge in [-0.2, -0.15) is 9.97 Å². The summed E-state index contributed by atoms with van der Waals surface area (Å²) in [5.41, 5.74) is -1.62. The Morgan fingerprint density at radius 2 is 1.51 bits per heavy atom. The van der Waals surface area contributed by atoms with Crippen LogP contribution in [0.4, 0.5) is 8.78 Å².